The Hall–Kier alpha value is -2.42. The Morgan fingerprint density at radius 2 is 1.79 bits per heavy atom. The summed E-state index contributed by atoms with van der Waals surface area (Å²) < 4.78 is 5.32. The summed E-state index contributed by atoms with van der Waals surface area (Å²) in [7, 11) is 1.59. The van der Waals surface area contributed by atoms with Crippen LogP contribution in [0.4, 0.5) is 10.5 Å². The second kappa shape index (κ2) is 11.3. The summed E-state index contributed by atoms with van der Waals surface area (Å²) in [6.45, 7) is 6.27. The molecule has 2 unspecified atom stereocenters. The van der Waals surface area contributed by atoms with Gasteiger partial charge in [-0.05, 0) is 24.6 Å². The number of benzene rings is 2. The molecule has 182 valence electrons. The second-order valence-corrected chi connectivity index (χ2v) is 10.1. The molecule has 4 rings (SSSR count). The van der Waals surface area contributed by atoms with Gasteiger partial charge in [0, 0.05) is 49.9 Å². The lowest BCUT2D eigenvalue weighted by Crippen LogP contribution is -2.51. The van der Waals surface area contributed by atoms with E-state index in [-0.39, 0.29) is 22.6 Å². The number of hydrogen-bond acceptors (Lipinski definition) is 5. The van der Waals surface area contributed by atoms with Crippen LogP contribution < -0.4 is 10.1 Å². The van der Waals surface area contributed by atoms with Gasteiger partial charge in [-0.15, -0.1) is 11.8 Å². The lowest BCUT2D eigenvalue weighted by atomic mass is 10.2. The van der Waals surface area contributed by atoms with Crippen LogP contribution >= 0.6 is 23.4 Å². The third kappa shape index (κ3) is 5.45. The molecule has 0 bridgehead atoms. The zero-order chi connectivity index (χ0) is 24.1. The zero-order valence-corrected chi connectivity index (χ0v) is 21.1. The molecule has 2 heterocycles. The summed E-state index contributed by atoms with van der Waals surface area (Å²) in [5, 5.41) is 3.56. The molecule has 34 heavy (non-hydrogen) atoms. The van der Waals surface area contributed by atoms with Crippen molar-refractivity contribution in [2.24, 2.45) is 0 Å². The van der Waals surface area contributed by atoms with Crippen LogP contribution in [0.3, 0.4) is 0 Å². The number of methoxy groups -OCH3 is 1. The lowest BCUT2D eigenvalue weighted by molar-refractivity contribution is -0.130. The van der Waals surface area contributed by atoms with Crippen LogP contribution in [0.5, 0.6) is 5.75 Å². The quantitative estimate of drug-likeness (QED) is 0.601. The number of carbonyl (C=O) groups excluding carboxylic acids is 2. The van der Waals surface area contributed by atoms with Crippen molar-refractivity contribution < 1.29 is 14.3 Å². The molecule has 3 amide bonds. The van der Waals surface area contributed by atoms with E-state index in [0.717, 1.165) is 31.6 Å². The number of nitrogens with zero attached hydrogens (tertiary/aromatic N) is 3. The van der Waals surface area contributed by atoms with E-state index in [1.165, 1.54) is 0 Å². The fourth-order valence-corrected chi connectivity index (χ4v) is 6.14. The van der Waals surface area contributed by atoms with E-state index in [2.05, 4.69) is 17.1 Å². The van der Waals surface area contributed by atoms with Crippen molar-refractivity contribution in [2.45, 2.75) is 24.0 Å². The first-order valence-corrected chi connectivity index (χ1v) is 13.0. The Balaban J connectivity index is 1.32. The van der Waals surface area contributed by atoms with Gasteiger partial charge in [-0.2, -0.15) is 0 Å². The van der Waals surface area contributed by atoms with E-state index in [9.17, 15) is 9.59 Å². The Morgan fingerprint density at radius 1 is 1.09 bits per heavy atom. The highest BCUT2D eigenvalue weighted by atomic mass is 35.5. The maximum Gasteiger partial charge on any atom is 0.322 e. The molecule has 9 heteroatoms. The monoisotopic (exact) mass is 502 g/mol. The molecule has 2 saturated heterocycles. The first kappa shape index (κ1) is 24.7. The second-order valence-electron chi connectivity index (χ2n) is 8.40. The van der Waals surface area contributed by atoms with Crippen molar-refractivity contribution >= 4 is 41.0 Å². The SMILES string of the molecule is CCC1SC(c2ccccc2Cl)N(CCN2CCN(C(=O)Nc3ccccc3OC)CC2)C1=O. The molecule has 2 aromatic rings. The van der Waals surface area contributed by atoms with Gasteiger partial charge in [0.2, 0.25) is 5.91 Å². The van der Waals surface area contributed by atoms with Crippen LogP contribution in [0.2, 0.25) is 5.02 Å². The van der Waals surface area contributed by atoms with Gasteiger partial charge < -0.3 is 19.9 Å². The number of amides is 3. The highest BCUT2D eigenvalue weighted by Gasteiger charge is 2.40. The van der Waals surface area contributed by atoms with Gasteiger partial charge in [-0.1, -0.05) is 48.9 Å². The van der Waals surface area contributed by atoms with Crippen LogP contribution in [-0.4, -0.2) is 78.3 Å². The molecule has 2 aliphatic rings. The minimum Gasteiger partial charge on any atom is -0.495 e. The van der Waals surface area contributed by atoms with Gasteiger partial charge in [-0.3, -0.25) is 9.69 Å². The predicted octanol–water partition coefficient (Wildman–Crippen LogP) is 4.55. The predicted molar refractivity (Wildman–Crippen MR) is 138 cm³/mol. The zero-order valence-electron chi connectivity index (χ0n) is 19.6. The molecule has 2 atom stereocenters. The topological polar surface area (TPSA) is 65.1 Å². The Kier molecular flexibility index (Phi) is 8.24. The number of rotatable bonds is 7. The van der Waals surface area contributed by atoms with E-state index in [1.807, 2.05) is 58.3 Å². The average Bonchev–Trinajstić information content (AvgIpc) is 3.18. The molecular formula is C25H31ClN4O3S. The molecule has 1 N–H and O–H groups in total. The van der Waals surface area contributed by atoms with E-state index < -0.39 is 0 Å². The van der Waals surface area contributed by atoms with Crippen LogP contribution in [-0.2, 0) is 4.79 Å². The molecule has 2 aromatic carbocycles. The normalized spacial score (nSPS) is 21.1. The lowest BCUT2D eigenvalue weighted by Gasteiger charge is -2.36. The Labute approximate surface area is 210 Å². The highest BCUT2D eigenvalue weighted by molar-refractivity contribution is 8.01. The Morgan fingerprint density at radius 3 is 2.50 bits per heavy atom. The van der Waals surface area contributed by atoms with Crippen LogP contribution in [0, 0.1) is 0 Å². The fourth-order valence-electron chi connectivity index (χ4n) is 4.37. The highest BCUT2D eigenvalue weighted by Crippen LogP contribution is 2.45. The van der Waals surface area contributed by atoms with E-state index >= 15 is 0 Å². The molecular weight excluding hydrogens is 472 g/mol. The number of para-hydroxylation sites is 2. The molecule has 2 aliphatic heterocycles. The maximum atomic E-state index is 13.0. The number of halogens is 1. The summed E-state index contributed by atoms with van der Waals surface area (Å²) >= 11 is 8.16. The van der Waals surface area contributed by atoms with Crippen molar-refractivity contribution in [1.82, 2.24) is 14.7 Å². The standard InChI is InChI=1S/C25H31ClN4O3S/c1-3-22-23(31)30(24(34-22)18-8-4-5-9-19(18)26)17-14-28-12-15-29(16-13-28)25(32)27-20-10-6-7-11-21(20)33-2/h4-11,22,24H,3,12-17H2,1-2H3,(H,27,32). The minimum absolute atomic E-state index is 0.0307. The molecule has 0 radical (unpaired) electrons. The third-order valence-corrected chi connectivity index (χ3v) is 8.32. The number of urea groups is 1. The summed E-state index contributed by atoms with van der Waals surface area (Å²) in [6.07, 6.45) is 0.806. The number of ether oxygens (including phenoxy) is 1. The molecule has 0 aromatic heterocycles. The summed E-state index contributed by atoms with van der Waals surface area (Å²) in [6, 6.07) is 15.0. The number of nitrogens with one attached hydrogen (secondary N) is 1. The van der Waals surface area contributed by atoms with Crippen LogP contribution in [0.1, 0.15) is 24.3 Å². The number of anilines is 1. The molecule has 7 nitrogen and oxygen atoms in total. The fraction of sp³-hybridized carbons (Fsp3) is 0.440. The molecule has 0 spiro atoms. The first-order chi connectivity index (χ1) is 16.5. The van der Waals surface area contributed by atoms with E-state index in [4.69, 9.17) is 16.3 Å². The van der Waals surface area contributed by atoms with Gasteiger partial charge >= 0.3 is 6.03 Å². The summed E-state index contributed by atoms with van der Waals surface area (Å²) in [4.78, 5) is 31.9. The van der Waals surface area contributed by atoms with Crippen molar-refractivity contribution in [3.05, 3.63) is 59.1 Å². The minimum atomic E-state index is -0.125. The maximum absolute atomic E-state index is 13.0. The van der Waals surface area contributed by atoms with E-state index in [0.29, 0.717) is 36.1 Å². The largest absolute Gasteiger partial charge is 0.495 e. The van der Waals surface area contributed by atoms with Crippen LogP contribution in [0.25, 0.3) is 0 Å². The smallest absolute Gasteiger partial charge is 0.322 e. The summed E-state index contributed by atoms with van der Waals surface area (Å²) in [5.74, 6) is 0.827. The van der Waals surface area contributed by atoms with Crippen molar-refractivity contribution in [1.29, 1.82) is 0 Å². The first-order valence-electron chi connectivity index (χ1n) is 11.6. The van der Waals surface area contributed by atoms with Crippen LogP contribution in [0.15, 0.2) is 48.5 Å². The van der Waals surface area contributed by atoms with Gasteiger partial charge in [-0.25, -0.2) is 4.79 Å². The molecule has 0 aliphatic carbocycles. The number of thioether (sulfide) groups is 1. The number of piperazine rings is 1. The number of carbonyl (C=O) groups is 2. The summed E-state index contributed by atoms with van der Waals surface area (Å²) in [5.41, 5.74) is 1.66. The van der Waals surface area contributed by atoms with Gasteiger partial charge in [0.05, 0.1) is 18.0 Å². The third-order valence-electron chi connectivity index (χ3n) is 6.34. The molecule has 2 fully saturated rings. The van der Waals surface area contributed by atoms with Gasteiger partial charge in [0.25, 0.3) is 0 Å². The van der Waals surface area contributed by atoms with Crippen molar-refractivity contribution in [3.63, 3.8) is 0 Å². The van der Waals surface area contributed by atoms with Crippen molar-refractivity contribution in [3.8, 4) is 5.75 Å². The molecule has 0 saturated carbocycles. The van der Waals surface area contributed by atoms with Gasteiger partial charge in [0.1, 0.15) is 11.1 Å². The van der Waals surface area contributed by atoms with E-state index in [1.54, 1.807) is 18.9 Å². The Bertz CT molecular complexity index is 1020. The van der Waals surface area contributed by atoms with Crippen molar-refractivity contribution in [2.75, 3.05) is 51.7 Å². The number of hydrogen-bond donors (Lipinski definition) is 1. The van der Waals surface area contributed by atoms with Gasteiger partial charge in [0.15, 0.2) is 0 Å². The average molecular weight is 503 g/mol.